The number of hydrogen-bond acceptors (Lipinski definition) is 4. The summed E-state index contributed by atoms with van der Waals surface area (Å²) in [4.78, 5) is 8.14. The molecule has 1 aliphatic heterocycles. The van der Waals surface area contributed by atoms with Crippen LogP contribution in [0.3, 0.4) is 0 Å². The molecular formula is C12H14N2O2S2. The highest BCUT2D eigenvalue weighted by molar-refractivity contribution is 7.99. The monoisotopic (exact) mass is 282 g/mol. The number of rotatable bonds is 2. The zero-order chi connectivity index (χ0) is 12.8. The molecule has 1 unspecified atom stereocenters. The lowest BCUT2D eigenvalue weighted by Crippen LogP contribution is -1.96. The topological polar surface area (TPSA) is 62.8 Å². The average molecular weight is 282 g/mol. The Labute approximate surface area is 110 Å². The maximum atomic E-state index is 11.5. The Kier molecular flexibility index (Phi) is 2.86. The van der Waals surface area contributed by atoms with Gasteiger partial charge in [0.25, 0.3) is 0 Å². The van der Waals surface area contributed by atoms with Crippen molar-refractivity contribution >= 4 is 32.6 Å². The molecule has 1 saturated heterocycles. The summed E-state index contributed by atoms with van der Waals surface area (Å²) in [6, 6.07) is 5.05. The first-order valence-corrected chi connectivity index (χ1v) is 8.79. The van der Waals surface area contributed by atoms with E-state index in [2.05, 4.69) is 9.97 Å². The SMILES string of the molecule is CS(=O)(=O)c1ccc2nc(C3CCCS3)[nH]c2c1. The molecule has 4 nitrogen and oxygen atoms in total. The largest absolute Gasteiger partial charge is 0.341 e. The van der Waals surface area contributed by atoms with Crippen molar-refractivity contribution in [3.8, 4) is 0 Å². The Hall–Kier alpha value is -1.01. The van der Waals surface area contributed by atoms with Crippen LogP contribution in [0.5, 0.6) is 0 Å². The van der Waals surface area contributed by atoms with Crippen LogP contribution in [0.1, 0.15) is 23.9 Å². The van der Waals surface area contributed by atoms with Crippen LogP contribution < -0.4 is 0 Å². The summed E-state index contributed by atoms with van der Waals surface area (Å²) in [5.41, 5.74) is 1.64. The fraction of sp³-hybridized carbons (Fsp3) is 0.417. The minimum atomic E-state index is -3.16. The summed E-state index contributed by atoms with van der Waals surface area (Å²) in [5.74, 6) is 2.15. The number of nitrogens with zero attached hydrogens (tertiary/aromatic N) is 1. The van der Waals surface area contributed by atoms with Crippen LogP contribution in [0.4, 0.5) is 0 Å². The zero-order valence-electron chi connectivity index (χ0n) is 10.0. The van der Waals surface area contributed by atoms with Gasteiger partial charge in [0.2, 0.25) is 0 Å². The third-order valence-electron chi connectivity index (χ3n) is 3.13. The predicted octanol–water partition coefficient (Wildman–Crippen LogP) is 2.53. The lowest BCUT2D eigenvalue weighted by molar-refractivity contribution is 0.602. The number of aromatic nitrogens is 2. The highest BCUT2D eigenvalue weighted by Gasteiger charge is 2.21. The third kappa shape index (κ3) is 2.14. The second-order valence-electron chi connectivity index (χ2n) is 4.57. The fourth-order valence-corrected chi connectivity index (χ4v) is 4.05. The van der Waals surface area contributed by atoms with E-state index in [1.807, 2.05) is 11.8 Å². The van der Waals surface area contributed by atoms with Crippen molar-refractivity contribution in [3.63, 3.8) is 0 Å². The smallest absolute Gasteiger partial charge is 0.175 e. The number of benzene rings is 1. The molecule has 2 heterocycles. The molecule has 0 spiro atoms. The molecule has 6 heteroatoms. The number of hydrogen-bond donors (Lipinski definition) is 1. The minimum Gasteiger partial charge on any atom is -0.341 e. The molecule has 1 fully saturated rings. The van der Waals surface area contributed by atoms with Gasteiger partial charge in [-0.2, -0.15) is 11.8 Å². The van der Waals surface area contributed by atoms with Crippen LogP contribution in [0.2, 0.25) is 0 Å². The number of thioether (sulfide) groups is 1. The van der Waals surface area contributed by atoms with E-state index in [0.717, 1.165) is 23.3 Å². The van der Waals surface area contributed by atoms with Gasteiger partial charge in [-0.05, 0) is 36.8 Å². The normalized spacial score (nSPS) is 20.6. The first-order valence-electron chi connectivity index (χ1n) is 5.85. The predicted molar refractivity (Wildman–Crippen MR) is 73.6 cm³/mol. The van der Waals surface area contributed by atoms with Crippen molar-refractivity contribution in [2.24, 2.45) is 0 Å². The Morgan fingerprint density at radius 2 is 2.28 bits per heavy atom. The maximum Gasteiger partial charge on any atom is 0.175 e. The molecule has 1 aromatic carbocycles. The fourth-order valence-electron chi connectivity index (χ4n) is 2.18. The lowest BCUT2D eigenvalue weighted by Gasteiger charge is -2.02. The first-order chi connectivity index (χ1) is 8.54. The molecule has 96 valence electrons. The Morgan fingerprint density at radius 3 is 2.94 bits per heavy atom. The molecule has 0 bridgehead atoms. The molecule has 1 aromatic heterocycles. The number of aromatic amines is 1. The second kappa shape index (κ2) is 4.28. The molecule has 1 atom stereocenters. The highest BCUT2D eigenvalue weighted by Crippen LogP contribution is 2.39. The summed E-state index contributed by atoms with van der Waals surface area (Å²) in [5, 5.41) is 0.430. The van der Waals surface area contributed by atoms with Gasteiger partial charge in [-0.3, -0.25) is 0 Å². The van der Waals surface area contributed by atoms with Crippen molar-refractivity contribution in [2.45, 2.75) is 23.0 Å². The van der Waals surface area contributed by atoms with Crippen LogP contribution >= 0.6 is 11.8 Å². The van der Waals surface area contributed by atoms with Gasteiger partial charge in [0.1, 0.15) is 5.82 Å². The van der Waals surface area contributed by atoms with E-state index in [1.54, 1.807) is 18.2 Å². The number of fused-ring (bicyclic) bond motifs is 1. The lowest BCUT2D eigenvalue weighted by atomic mass is 10.2. The standard InChI is InChI=1S/C12H14N2O2S2/c1-18(15,16)8-4-5-9-10(7-8)14-12(13-9)11-3-2-6-17-11/h4-5,7,11H,2-3,6H2,1H3,(H,13,14). The van der Waals surface area contributed by atoms with E-state index >= 15 is 0 Å². The molecule has 0 aliphatic carbocycles. The number of H-pyrrole nitrogens is 1. The van der Waals surface area contributed by atoms with Crippen molar-refractivity contribution in [3.05, 3.63) is 24.0 Å². The van der Waals surface area contributed by atoms with Crippen LogP contribution in [0.15, 0.2) is 23.1 Å². The molecule has 3 rings (SSSR count). The van der Waals surface area contributed by atoms with Gasteiger partial charge < -0.3 is 4.98 Å². The van der Waals surface area contributed by atoms with Crippen LogP contribution in [-0.4, -0.2) is 30.4 Å². The van der Waals surface area contributed by atoms with E-state index in [4.69, 9.17) is 0 Å². The first kappa shape index (κ1) is 12.0. The summed E-state index contributed by atoms with van der Waals surface area (Å²) in [6.07, 6.45) is 3.59. The number of imidazole rings is 1. The average Bonchev–Trinajstić information content (AvgIpc) is 2.95. The van der Waals surface area contributed by atoms with Crippen LogP contribution in [0, 0.1) is 0 Å². The summed E-state index contributed by atoms with van der Waals surface area (Å²) in [6.45, 7) is 0. The van der Waals surface area contributed by atoms with E-state index in [-0.39, 0.29) is 0 Å². The molecule has 2 aromatic rings. The van der Waals surface area contributed by atoms with Gasteiger partial charge in [0, 0.05) is 6.26 Å². The van der Waals surface area contributed by atoms with E-state index in [9.17, 15) is 8.42 Å². The van der Waals surface area contributed by atoms with Gasteiger partial charge in [-0.15, -0.1) is 0 Å². The van der Waals surface area contributed by atoms with Gasteiger partial charge >= 0.3 is 0 Å². The quantitative estimate of drug-likeness (QED) is 0.919. The molecule has 0 amide bonds. The van der Waals surface area contributed by atoms with Crippen LogP contribution in [0.25, 0.3) is 11.0 Å². The molecule has 1 N–H and O–H groups in total. The van der Waals surface area contributed by atoms with Crippen molar-refractivity contribution in [1.82, 2.24) is 9.97 Å². The van der Waals surface area contributed by atoms with Crippen LogP contribution in [-0.2, 0) is 9.84 Å². The van der Waals surface area contributed by atoms with Crippen molar-refractivity contribution in [2.75, 3.05) is 12.0 Å². The molecule has 1 aliphatic rings. The Bertz CT molecular complexity index is 685. The number of nitrogens with one attached hydrogen (secondary N) is 1. The van der Waals surface area contributed by atoms with E-state index < -0.39 is 9.84 Å². The maximum absolute atomic E-state index is 11.5. The molecular weight excluding hydrogens is 268 g/mol. The summed E-state index contributed by atoms with van der Waals surface area (Å²) >= 11 is 1.91. The van der Waals surface area contributed by atoms with Gasteiger partial charge in [-0.25, -0.2) is 13.4 Å². The van der Waals surface area contributed by atoms with E-state index in [1.165, 1.54) is 18.4 Å². The highest BCUT2D eigenvalue weighted by atomic mass is 32.2. The molecule has 18 heavy (non-hydrogen) atoms. The summed E-state index contributed by atoms with van der Waals surface area (Å²) in [7, 11) is -3.16. The summed E-state index contributed by atoms with van der Waals surface area (Å²) < 4.78 is 23.0. The molecule has 0 radical (unpaired) electrons. The molecule has 0 saturated carbocycles. The van der Waals surface area contributed by atoms with Gasteiger partial charge in [0.05, 0.1) is 21.2 Å². The second-order valence-corrected chi connectivity index (χ2v) is 7.90. The van der Waals surface area contributed by atoms with Gasteiger partial charge in [0.15, 0.2) is 9.84 Å². The van der Waals surface area contributed by atoms with Gasteiger partial charge in [-0.1, -0.05) is 0 Å². The minimum absolute atomic E-state index is 0.337. The van der Waals surface area contributed by atoms with Crippen molar-refractivity contribution < 1.29 is 8.42 Å². The van der Waals surface area contributed by atoms with Crippen molar-refractivity contribution in [1.29, 1.82) is 0 Å². The Morgan fingerprint density at radius 1 is 1.44 bits per heavy atom. The van der Waals surface area contributed by atoms with E-state index in [0.29, 0.717) is 10.1 Å². The zero-order valence-corrected chi connectivity index (χ0v) is 11.6. The number of sulfone groups is 1. The Balaban J connectivity index is 2.06. The third-order valence-corrected chi connectivity index (χ3v) is 5.63.